The van der Waals surface area contributed by atoms with E-state index in [1.54, 1.807) is 0 Å². The van der Waals surface area contributed by atoms with Crippen LogP contribution in [0.3, 0.4) is 0 Å². The number of para-hydroxylation sites is 3. The molecule has 0 bridgehead atoms. The topological polar surface area (TPSA) is 81.2 Å². The molecule has 5 heteroatoms. The summed E-state index contributed by atoms with van der Waals surface area (Å²) in [6.45, 7) is 2.63. The summed E-state index contributed by atoms with van der Waals surface area (Å²) < 4.78 is 2.20. The Morgan fingerprint density at radius 3 is 2.56 bits per heavy atom. The van der Waals surface area contributed by atoms with E-state index in [4.69, 9.17) is 0 Å². The molecule has 5 aromatic rings. The fourth-order valence-electron chi connectivity index (χ4n) is 4.16. The van der Waals surface area contributed by atoms with Crippen LogP contribution in [0.25, 0.3) is 33.6 Å². The lowest BCUT2D eigenvalue weighted by Gasteiger charge is -2.10. The number of hydrogen-bond acceptors (Lipinski definition) is 3. The van der Waals surface area contributed by atoms with Gasteiger partial charge in [-0.05, 0) is 42.8 Å². The standard InChI is InChI=1S/C27H19N5/c1-18-23(14-21(16-29)27-30-24-11-5-6-12-25(24)31-27)22-10-4-7-13-26(22)32(18)17-20-9-3-2-8-19(20)15-28/h2-14H,17H2,1H3,(H,30,31)/b21-14+. The first kappa shape index (κ1) is 19.4. The van der Waals surface area contributed by atoms with E-state index in [0.717, 1.165) is 38.8 Å². The second-order valence-corrected chi connectivity index (χ2v) is 7.64. The Hall–Kier alpha value is -4.61. The summed E-state index contributed by atoms with van der Waals surface area (Å²) in [5.74, 6) is 0.555. The van der Waals surface area contributed by atoms with Gasteiger partial charge in [-0.15, -0.1) is 0 Å². The van der Waals surface area contributed by atoms with Crippen molar-refractivity contribution < 1.29 is 0 Å². The molecule has 0 atom stereocenters. The smallest absolute Gasteiger partial charge is 0.149 e. The number of H-pyrrole nitrogens is 1. The minimum atomic E-state index is 0.477. The number of rotatable bonds is 4. The number of nitriles is 2. The highest BCUT2D eigenvalue weighted by Gasteiger charge is 2.16. The lowest BCUT2D eigenvalue weighted by molar-refractivity contribution is 0.802. The molecular weight excluding hydrogens is 394 g/mol. The molecule has 2 aromatic heterocycles. The van der Waals surface area contributed by atoms with Crippen molar-refractivity contribution >= 4 is 33.6 Å². The van der Waals surface area contributed by atoms with E-state index in [1.165, 1.54) is 0 Å². The van der Waals surface area contributed by atoms with Crippen molar-refractivity contribution in [2.24, 2.45) is 0 Å². The summed E-state index contributed by atoms with van der Waals surface area (Å²) in [5.41, 5.74) is 6.91. The van der Waals surface area contributed by atoms with Crippen molar-refractivity contribution in [3.63, 3.8) is 0 Å². The van der Waals surface area contributed by atoms with Crippen molar-refractivity contribution in [2.75, 3.05) is 0 Å². The number of nitrogens with zero attached hydrogens (tertiary/aromatic N) is 4. The number of imidazole rings is 1. The number of benzene rings is 3. The molecule has 152 valence electrons. The second-order valence-electron chi connectivity index (χ2n) is 7.64. The maximum absolute atomic E-state index is 9.92. The van der Waals surface area contributed by atoms with E-state index >= 15 is 0 Å². The Bertz CT molecular complexity index is 1550. The third-order valence-electron chi connectivity index (χ3n) is 5.80. The van der Waals surface area contributed by atoms with Crippen LogP contribution in [0, 0.1) is 29.6 Å². The molecule has 0 aliphatic rings. The van der Waals surface area contributed by atoms with E-state index in [0.29, 0.717) is 23.5 Å². The lowest BCUT2D eigenvalue weighted by atomic mass is 10.1. The Kier molecular flexibility index (Phi) is 4.78. The van der Waals surface area contributed by atoms with Crippen molar-refractivity contribution in [3.8, 4) is 12.1 Å². The van der Waals surface area contributed by atoms with Crippen molar-refractivity contribution in [3.05, 3.63) is 101 Å². The first-order valence-corrected chi connectivity index (χ1v) is 10.3. The summed E-state index contributed by atoms with van der Waals surface area (Å²) in [6, 6.07) is 28.1. The molecule has 0 saturated carbocycles. The van der Waals surface area contributed by atoms with Gasteiger partial charge in [0.05, 0.1) is 28.2 Å². The predicted molar refractivity (Wildman–Crippen MR) is 127 cm³/mol. The minimum Gasteiger partial charge on any atom is -0.340 e. The van der Waals surface area contributed by atoms with Crippen LogP contribution in [0.5, 0.6) is 0 Å². The molecule has 0 fully saturated rings. The Morgan fingerprint density at radius 2 is 1.75 bits per heavy atom. The third kappa shape index (κ3) is 3.23. The molecule has 32 heavy (non-hydrogen) atoms. The van der Waals surface area contributed by atoms with Gasteiger partial charge in [-0.3, -0.25) is 0 Å². The summed E-state index contributed by atoms with van der Waals surface area (Å²) in [4.78, 5) is 7.85. The average Bonchev–Trinajstić information content (AvgIpc) is 3.37. The van der Waals surface area contributed by atoms with Crippen LogP contribution >= 0.6 is 0 Å². The van der Waals surface area contributed by atoms with Gasteiger partial charge in [0.2, 0.25) is 0 Å². The van der Waals surface area contributed by atoms with Crippen LogP contribution in [0.15, 0.2) is 72.8 Å². The average molecular weight is 413 g/mol. The number of aromatic nitrogens is 3. The monoisotopic (exact) mass is 413 g/mol. The molecule has 1 N–H and O–H groups in total. The summed E-state index contributed by atoms with van der Waals surface area (Å²) in [5, 5.41) is 20.5. The van der Waals surface area contributed by atoms with Crippen molar-refractivity contribution in [1.29, 1.82) is 10.5 Å². The zero-order valence-electron chi connectivity index (χ0n) is 17.5. The molecule has 5 rings (SSSR count). The highest BCUT2D eigenvalue weighted by molar-refractivity contribution is 5.99. The fourth-order valence-corrected chi connectivity index (χ4v) is 4.16. The van der Waals surface area contributed by atoms with Gasteiger partial charge in [-0.25, -0.2) is 4.98 Å². The van der Waals surface area contributed by atoms with Crippen molar-refractivity contribution in [2.45, 2.75) is 13.5 Å². The van der Waals surface area contributed by atoms with Crippen LogP contribution in [-0.4, -0.2) is 14.5 Å². The lowest BCUT2D eigenvalue weighted by Crippen LogP contribution is -2.03. The summed E-state index contributed by atoms with van der Waals surface area (Å²) in [7, 11) is 0. The maximum atomic E-state index is 9.92. The zero-order chi connectivity index (χ0) is 22.1. The summed E-state index contributed by atoms with van der Waals surface area (Å²) in [6.07, 6.45) is 1.90. The van der Waals surface area contributed by atoms with Crippen molar-refractivity contribution in [1.82, 2.24) is 14.5 Å². The van der Waals surface area contributed by atoms with E-state index in [1.807, 2.05) is 66.7 Å². The molecule has 0 amide bonds. The van der Waals surface area contributed by atoms with E-state index in [2.05, 4.69) is 45.7 Å². The molecule has 0 aliphatic carbocycles. The van der Waals surface area contributed by atoms with Gasteiger partial charge in [-0.2, -0.15) is 10.5 Å². The van der Waals surface area contributed by atoms with Crippen LogP contribution in [0.1, 0.15) is 28.2 Å². The SMILES string of the molecule is Cc1c(/C=C(\C#N)c2nc3ccccc3[nH]2)c2ccccc2n1Cc1ccccc1C#N. The number of nitrogens with one attached hydrogen (secondary N) is 1. The largest absolute Gasteiger partial charge is 0.340 e. The molecule has 5 nitrogen and oxygen atoms in total. The van der Waals surface area contributed by atoms with Gasteiger partial charge >= 0.3 is 0 Å². The number of hydrogen-bond donors (Lipinski definition) is 1. The number of fused-ring (bicyclic) bond motifs is 2. The third-order valence-corrected chi connectivity index (χ3v) is 5.80. The minimum absolute atomic E-state index is 0.477. The van der Waals surface area contributed by atoms with Gasteiger partial charge < -0.3 is 9.55 Å². The van der Waals surface area contributed by atoms with Crippen LogP contribution < -0.4 is 0 Å². The van der Waals surface area contributed by atoms with Gasteiger partial charge in [0.1, 0.15) is 11.9 Å². The normalized spacial score (nSPS) is 11.5. The Labute approximate surface area is 185 Å². The Morgan fingerprint density at radius 1 is 1.00 bits per heavy atom. The first-order chi connectivity index (χ1) is 15.7. The molecule has 0 saturated heterocycles. The second kappa shape index (κ2) is 7.91. The Balaban J connectivity index is 1.67. The van der Waals surface area contributed by atoms with Crippen LogP contribution in [-0.2, 0) is 6.54 Å². The number of allylic oxidation sites excluding steroid dienone is 1. The van der Waals surface area contributed by atoms with Gasteiger partial charge in [0, 0.05) is 28.7 Å². The molecule has 0 aliphatic heterocycles. The maximum Gasteiger partial charge on any atom is 0.149 e. The molecule has 0 unspecified atom stereocenters. The van der Waals surface area contributed by atoms with E-state index < -0.39 is 0 Å². The van der Waals surface area contributed by atoms with Crippen LogP contribution in [0.2, 0.25) is 0 Å². The fraction of sp³-hybridized carbons (Fsp3) is 0.0741. The van der Waals surface area contributed by atoms with E-state index in [-0.39, 0.29) is 0 Å². The molecule has 2 heterocycles. The zero-order valence-corrected chi connectivity index (χ0v) is 17.5. The molecule has 3 aromatic carbocycles. The molecule has 0 spiro atoms. The molecule has 0 radical (unpaired) electrons. The highest BCUT2D eigenvalue weighted by Crippen LogP contribution is 2.30. The molecular formula is C27H19N5. The predicted octanol–water partition coefficient (Wildman–Crippen LogP) is 5.81. The van der Waals surface area contributed by atoms with Gasteiger partial charge in [0.25, 0.3) is 0 Å². The van der Waals surface area contributed by atoms with E-state index in [9.17, 15) is 10.5 Å². The first-order valence-electron chi connectivity index (χ1n) is 10.3. The van der Waals surface area contributed by atoms with Gasteiger partial charge in [-0.1, -0.05) is 48.5 Å². The number of aromatic amines is 1. The van der Waals surface area contributed by atoms with Crippen LogP contribution in [0.4, 0.5) is 0 Å². The van der Waals surface area contributed by atoms with Gasteiger partial charge in [0.15, 0.2) is 0 Å². The summed E-state index contributed by atoms with van der Waals surface area (Å²) >= 11 is 0. The highest BCUT2D eigenvalue weighted by atomic mass is 15.0. The quantitative estimate of drug-likeness (QED) is 0.378.